The maximum Gasteiger partial charge on any atom is 0.313 e. The average Bonchev–Trinajstić information content (AvgIpc) is 2.66. The molecule has 0 aliphatic carbocycles. The minimum atomic E-state index is -1.25. The molecule has 1 unspecified atom stereocenters. The molecule has 0 aliphatic heterocycles. The van der Waals surface area contributed by atoms with E-state index in [1.54, 1.807) is 6.92 Å². The fraction of sp³-hybridized carbons (Fsp3) is 0.211. The number of nitro benzene ring substituents is 1. The van der Waals surface area contributed by atoms with Crippen molar-refractivity contribution in [2.75, 3.05) is 6.61 Å². The second-order valence-electron chi connectivity index (χ2n) is 5.83. The number of carboxylic acids is 1. The predicted octanol–water partition coefficient (Wildman–Crippen LogP) is 2.90. The van der Waals surface area contributed by atoms with Crippen LogP contribution in [0, 0.1) is 10.1 Å². The number of hydrogen-bond acceptors (Lipinski definition) is 7. The van der Waals surface area contributed by atoms with Gasteiger partial charge in [0.05, 0.1) is 29.4 Å². The summed E-state index contributed by atoms with van der Waals surface area (Å²) in [5, 5.41) is 30.5. The first-order chi connectivity index (χ1) is 13.3. The normalized spacial score (nSPS) is 11.5. The molecule has 0 saturated carbocycles. The highest BCUT2D eigenvalue weighted by Gasteiger charge is 2.27. The van der Waals surface area contributed by atoms with Crippen LogP contribution in [0.25, 0.3) is 11.1 Å². The minimum Gasteiger partial charge on any atom is -0.507 e. The van der Waals surface area contributed by atoms with Gasteiger partial charge in [-0.2, -0.15) is 0 Å². The zero-order valence-corrected chi connectivity index (χ0v) is 14.8. The van der Waals surface area contributed by atoms with Crippen molar-refractivity contribution < 1.29 is 34.3 Å². The number of nitro groups is 1. The Morgan fingerprint density at radius 1 is 1.29 bits per heavy atom. The van der Waals surface area contributed by atoms with Crippen LogP contribution in [0.3, 0.4) is 0 Å². The van der Waals surface area contributed by atoms with E-state index in [1.807, 2.05) is 0 Å². The molecule has 0 heterocycles. The summed E-state index contributed by atoms with van der Waals surface area (Å²) in [5.41, 5.74) is 0.0148. The number of phenolic OH excluding ortho intramolecular Hbond substituents is 1. The molecule has 9 nitrogen and oxygen atoms in total. The lowest BCUT2D eigenvalue weighted by atomic mass is 9.90. The molecule has 0 spiro atoms. The molecular weight excluding hydrogens is 370 g/mol. The van der Waals surface area contributed by atoms with E-state index in [2.05, 4.69) is 0 Å². The summed E-state index contributed by atoms with van der Waals surface area (Å²) in [6, 6.07) is 7.87. The molecule has 2 aromatic rings. The molecule has 0 aromatic heterocycles. The van der Waals surface area contributed by atoms with Gasteiger partial charge < -0.3 is 14.9 Å². The highest BCUT2D eigenvalue weighted by Crippen LogP contribution is 2.37. The molecular formula is C19H17NO8. The van der Waals surface area contributed by atoms with Crippen LogP contribution < -0.4 is 0 Å². The van der Waals surface area contributed by atoms with E-state index >= 15 is 0 Å². The molecule has 9 heteroatoms. The number of aliphatic carboxylic acids is 1. The quantitative estimate of drug-likeness (QED) is 0.304. The van der Waals surface area contributed by atoms with Crippen LogP contribution in [-0.2, 0) is 14.3 Å². The number of phenols is 1. The third-order valence-corrected chi connectivity index (χ3v) is 4.01. The summed E-state index contributed by atoms with van der Waals surface area (Å²) in [6.45, 7) is 1.60. The van der Waals surface area contributed by atoms with Gasteiger partial charge >= 0.3 is 11.9 Å². The lowest BCUT2D eigenvalue weighted by molar-refractivity contribution is -0.384. The van der Waals surface area contributed by atoms with E-state index in [1.165, 1.54) is 36.4 Å². The number of aldehydes is 1. The fourth-order valence-electron chi connectivity index (χ4n) is 2.73. The van der Waals surface area contributed by atoms with Gasteiger partial charge in [0.15, 0.2) is 6.29 Å². The Morgan fingerprint density at radius 3 is 2.57 bits per heavy atom. The largest absolute Gasteiger partial charge is 0.507 e. The third kappa shape index (κ3) is 4.50. The lowest BCUT2D eigenvalue weighted by Gasteiger charge is -2.17. The number of carbonyl (C=O) groups excluding carboxylic acids is 2. The van der Waals surface area contributed by atoms with Crippen LogP contribution >= 0.6 is 0 Å². The number of rotatable bonds is 8. The van der Waals surface area contributed by atoms with Gasteiger partial charge in [-0.25, -0.2) is 0 Å². The summed E-state index contributed by atoms with van der Waals surface area (Å²) >= 11 is 0. The molecule has 0 amide bonds. The standard InChI is InChI=1S/C19H17NO8/c1-2-28-19(25)16(9-17(22)23)12-6-13(10-21)18(24)15(8-12)11-4-3-5-14(7-11)20(26)27/h3-8,10,16,24H,2,9H2,1H3,(H,22,23). The molecule has 0 fully saturated rings. The highest BCUT2D eigenvalue weighted by atomic mass is 16.6. The van der Waals surface area contributed by atoms with Crippen LogP contribution in [0.5, 0.6) is 5.75 Å². The van der Waals surface area contributed by atoms with Crippen molar-refractivity contribution in [3.8, 4) is 16.9 Å². The van der Waals surface area contributed by atoms with Crippen molar-refractivity contribution >= 4 is 23.9 Å². The smallest absolute Gasteiger partial charge is 0.313 e. The van der Waals surface area contributed by atoms with Gasteiger partial charge in [0.2, 0.25) is 0 Å². The summed E-state index contributed by atoms with van der Waals surface area (Å²) in [6.07, 6.45) is -0.237. The first kappa shape index (κ1) is 20.6. The van der Waals surface area contributed by atoms with Crippen molar-refractivity contribution in [1.82, 2.24) is 0 Å². The van der Waals surface area contributed by atoms with E-state index in [0.717, 1.165) is 0 Å². The van der Waals surface area contributed by atoms with Crippen molar-refractivity contribution in [1.29, 1.82) is 0 Å². The second kappa shape index (κ2) is 8.76. The monoisotopic (exact) mass is 387 g/mol. The van der Waals surface area contributed by atoms with Crippen molar-refractivity contribution in [2.24, 2.45) is 0 Å². The van der Waals surface area contributed by atoms with Crippen molar-refractivity contribution in [3.63, 3.8) is 0 Å². The molecule has 0 aliphatic rings. The molecule has 28 heavy (non-hydrogen) atoms. The number of hydrogen-bond donors (Lipinski definition) is 2. The summed E-state index contributed by atoms with van der Waals surface area (Å²) in [7, 11) is 0. The highest BCUT2D eigenvalue weighted by molar-refractivity contribution is 5.90. The summed E-state index contributed by atoms with van der Waals surface area (Å²) in [5.74, 6) is -3.69. The summed E-state index contributed by atoms with van der Waals surface area (Å²) in [4.78, 5) is 45.2. The first-order valence-corrected chi connectivity index (χ1v) is 8.23. The number of aromatic hydroxyl groups is 1. The number of esters is 1. The Kier molecular flexibility index (Phi) is 6.43. The minimum absolute atomic E-state index is 0.0330. The van der Waals surface area contributed by atoms with Crippen LogP contribution in [0.4, 0.5) is 5.69 Å². The average molecular weight is 387 g/mol. The van der Waals surface area contributed by atoms with Crippen LogP contribution in [0.15, 0.2) is 36.4 Å². The molecule has 0 bridgehead atoms. The molecule has 0 radical (unpaired) electrons. The number of carbonyl (C=O) groups is 3. The Bertz CT molecular complexity index is 938. The van der Waals surface area contributed by atoms with E-state index in [0.29, 0.717) is 6.29 Å². The maximum atomic E-state index is 12.2. The summed E-state index contributed by atoms with van der Waals surface area (Å²) < 4.78 is 4.92. The van der Waals surface area contributed by atoms with Gasteiger partial charge in [-0.05, 0) is 30.2 Å². The third-order valence-electron chi connectivity index (χ3n) is 4.01. The molecule has 2 rings (SSSR count). The Balaban J connectivity index is 2.66. The van der Waals surface area contributed by atoms with Gasteiger partial charge in [0, 0.05) is 17.7 Å². The second-order valence-corrected chi connectivity index (χ2v) is 5.83. The SMILES string of the molecule is CCOC(=O)C(CC(=O)O)c1cc(C=O)c(O)c(-c2cccc([N+](=O)[O-])c2)c1. The maximum absolute atomic E-state index is 12.2. The zero-order chi connectivity index (χ0) is 20.8. The van der Waals surface area contributed by atoms with Gasteiger partial charge in [0.1, 0.15) is 5.75 Å². The van der Waals surface area contributed by atoms with Gasteiger partial charge in [-0.15, -0.1) is 0 Å². The number of non-ortho nitro benzene ring substituents is 1. The van der Waals surface area contributed by atoms with E-state index in [-0.39, 0.29) is 34.5 Å². The molecule has 146 valence electrons. The van der Waals surface area contributed by atoms with E-state index < -0.39 is 35.0 Å². The molecule has 2 aromatic carbocycles. The predicted molar refractivity (Wildman–Crippen MR) is 97.2 cm³/mol. The van der Waals surface area contributed by atoms with Crippen LogP contribution in [-0.4, -0.2) is 40.0 Å². The van der Waals surface area contributed by atoms with E-state index in [4.69, 9.17) is 9.84 Å². The zero-order valence-electron chi connectivity index (χ0n) is 14.8. The topological polar surface area (TPSA) is 144 Å². The number of carboxylic acid groups (broad SMARTS) is 1. The lowest BCUT2D eigenvalue weighted by Crippen LogP contribution is -2.19. The molecule has 0 saturated heterocycles. The van der Waals surface area contributed by atoms with Crippen LogP contribution in [0.2, 0.25) is 0 Å². The Labute approximate surface area is 159 Å². The van der Waals surface area contributed by atoms with E-state index in [9.17, 15) is 29.6 Å². The van der Waals surface area contributed by atoms with Crippen molar-refractivity contribution in [2.45, 2.75) is 19.3 Å². The van der Waals surface area contributed by atoms with Gasteiger partial charge in [-0.1, -0.05) is 12.1 Å². The number of nitrogens with zero attached hydrogens (tertiary/aromatic N) is 1. The van der Waals surface area contributed by atoms with Gasteiger partial charge in [-0.3, -0.25) is 24.5 Å². The molecule has 1 atom stereocenters. The molecule has 2 N–H and O–H groups in total. The fourth-order valence-corrected chi connectivity index (χ4v) is 2.73. The van der Waals surface area contributed by atoms with Crippen LogP contribution in [0.1, 0.15) is 35.2 Å². The van der Waals surface area contributed by atoms with Gasteiger partial charge in [0.25, 0.3) is 5.69 Å². The first-order valence-electron chi connectivity index (χ1n) is 8.23. The van der Waals surface area contributed by atoms with Crippen molar-refractivity contribution in [3.05, 3.63) is 57.6 Å². The number of ether oxygens (including phenoxy) is 1. The number of benzene rings is 2. The Hall–Kier alpha value is -3.75. The Morgan fingerprint density at radius 2 is 2.00 bits per heavy atom.